The van der Waals surface area contributed by atoms with Gasteiger partial charge < -0.3 is 68.6 Å². The predicted molar refractivity (Wildman–Crippen MR) is 397 cm³/mol. The van der Waals surface area contributed by atoms with Crippen molar-refractivity contribution in [3.8, 4) is 91.3 Å². The lowest BCUT2D eigenvalue weighted by Gasteiger charge is -2.05. The van der Waals surface area contributed by atoms with Crippen LogP contribution in [0.2, 0.25) is 5.15 Å². The summed E-state index contributed by atoms with van der Waals surface area (Å²) >= 11 is 44.0. The Morgan fingerprint density at radius 3 is 1.05 bits per heavy atom. The van der Waals surface area contributed by atoms with Gasteiger partial charge in [-0.3, -0.25) is 18.9 Å². The number of nitrogens with two attached hydrogens (primary N) is 2. The quantitative estimate of drug-likeness (QED) is 0.0137. The molecule has 0 aromatic carbocycles. The fourth-order valence-corrected chi connectivity index (χ4v) is 8.37. The molecular weight excluding hydrogens is 1810 g/mol. The van der Waals surface area contributed by atoms with Crippen LogP contribution in [0.15, 0.2) is 57.3 Å². The van der Waals surface area contributed by atoms with Crippen molar-refractivity contribution < 1.29 is 111 Å². The normalized spacial score (nSPS) is 10.4. The predicted octanol–water partition coefficient (Wildman–Crippen LogP) is 13.7. The van der Waals surface area contributed by atoms with Gasteiger partial charge >= 0.3 is 34.7 Å². The van der Waals surface area contributed by atoms with Crippen LogP contribution in [0.3, 0.4) is 0 Å². The number of halogens is 17. The number of aromatic nitrogens is 15. The van der Waals surface area contributed by atoms with Gasteiger partial charge in [0.1, 0.15) is 15.9 Å². The van der Waals surface area contributed by atoms with Crippen molar-refractivity contribution in [1.29, 1.82) is 0 Å². The highest BCUT2D eigenvalue weighted by atomic mass is 79.9. The summed E-state index contributed by atoms with van der Waals surface area (Å²) in [7, 11) is 14.1. The van der Waals surface area contributed by atoms with Gasteiger partial charge in [-0.15, -0.1) is 34.0 Å². The Labute approximate surface area is 675 Å². The van der Waals surface area contributed by atoms with Crippen LogP contribution in [-0.4, -0.2) is 185 Å². The van der Waals surface area contributed by atoms with Gasteiger partial charge in [-0.1, -0.05) is 39.7 Å². The van der Waals surface area contributed by atoms with E-state index in [4.69, 9.17) is 122 Å². The lowest BCUT2D eigenvalue weighted by Crippen LogP contribution is -2.16. The molecule has 0 aliphatic rings. The molecule has 0 spiro atoms. The highest BCUT2D eigenvalue weighted by Gasteiger charge is 2.36. The van der Waals surface area contributed by atoms with Crippen molar-refractivity contribution in [3.05, 3.63) is 103 Å². The highest BCUT2D eigenvalue weighted by Crippen LogP contribution is 2.61. The Morgan fingerprint density at radius 1 is 0.500 bits per heavy atom. The van der Waals surface area contributed by atoms with Gasteiger partial charge in [-0.2, -0.15) is 124 Å². The number of carbonyl (C=O) groups is 3. The van der Waals surface area contributed by atoms with Crippen LogP contribution in [-0.2, 0) is 32.6 Å². The number of ketones is 1. The molecule has 5 N–H and O–H groups in total. The second kappa shape index (κ2) is 49.3. The minimum atomic E-state index is -4.52. The Bertz CT molecular complexity index is 4380. The van der Waals surface area contributed by atoms with E-state index in [9.17, 15) is 63.3 Å². The molecule has 0 aliphatic heterocycles. The maximum atomic E-state index is 12.5. The Balaban J connectivity index is 0.000000640. The van der Waals surface area contributed by atoms with E-state index in [2.05, 4.69) is 124 Å². The first-order valence-corrected chi connectivity index (χ1v) is 38.2. The number of Topliss-reactive ketones (excluding diaryl/α,β-unsaturated/α-hetero) is 1. The van der Waals surface area contributed by atoms with Crippen LogP contribution in [0, 0.1) is 0 Å². The van der Waals surface area contributed by atoms with Crippen LogP contribution in [0.5, 0.6) is 58.8 Å². The lowest BCUT2D eigenvalue weighted by atomic mass is 10.5. The van der Waals surface area contributed by atoms with Gasteiger partial charge in [0, 0.05) is 22.2 Å². The van der Waals surface area contributed by atoms with E-state index in [0.29, 0.717) is 17.1 Å². The fourth-order valence-electron chi connectivity index (χ4n) is 5.82. The molecule has 0 saturated carbocycles. The lowest BCUT2D eigenvalue weighted by molar-refractivity contribution is -0.141. The van der Waals surface area contributed by atoms with Crippen molar-refractivity contribution in [2.24, 2.45) is 11.5 Å². The number of hydrogen-bond acceptors (Lipinski definition) is 34. The van der Waals surface area contributed by atoms with Crippen LogP contribution < -0.4 is 64.4 Å². The van der Waals surface area contributed by atoms with Gasteiger partial charge in [0.05, 0.1) is 113 Å². The maximum absolute atomic E-state index is 12.5. The Hall–Kier alpha value is -8.16. The molecule has 9 aromatic heterocycles. The molecule has 56 heteroatoms. The number of primary amides is 1. The van der Waals surface area contributed by atoms with Crippen LogP contribution in [0.1, 0.15) is 58.0 Å². The number of ether oxygens (including phenoxy) is 11. The first-order chi connectivity index (χ1) is 51.3. The molecule has 0 unspecified atom stereocenters. The first-order valence-electron chi connectivity index (χ1n) is 27.9. The molecule has 0 radical (unpaired) electrons. The van der Waals surface area contributed by atoms with Crippen LogP contribution >= 0.6 is 147 Å². The van der Waals surface area contributed by atoms with Crippen LogP contribution in [0.4, 0.5) is 39.5 Å². The molecule has 602 valence electrons. The molecule has 110 heavy (non-hydrogen) atoms. The summed E-state index contributed by atoms with van der Waals surface area (Å²) in [6.07, 6.45) is -13.5. The van der Waals surface area contributed by atoms with E-state index in [1.54, 1.807) is 13.0 Å². The number of methoxy groups -OCH3 is 10. The third-order valence-electron chi connectivity index (χ3n) is 10.3. The van der Waals surface area contributed by atoms with Crippen molar-refractivity contribution in [3.63, 3.8) is 0 Å². The molecule has 0 saturated heterocycles. The Morgan fingerprint density at radius 2 is 0.773 bits per heavy atom. The smallest absolute Gasteiger partial charge is 0.450 e. The second-order valence-electron chi connectivity index (χ2n) is 17.8. The van der Waals surface area contributed by atoms with Crippen LogP contribution in [0.25, 0.3) is 32.5 Å². The molecule has 0 atom stereocenters. The summed E-state index contributed by atoms with van der Waals surface area (Å²) in [5.41, 5.74) is 6.84. The zero-order valence-electron chi connectivity index (χ0n) is 57.6. The van der Waals surface area contributed by atoms with E-state index in [1.165, 1.54) is 102 Å². The number of aromatic amines is 1. The maximum Gasteiger partial charge on any atom is 0.450 e. The van der Waals surface area contributed by atoms with Crippen molar-refractivity contribution in [2.75, 3.05) is 83.0 Å². The van der Waals surface area contributed by atoms with Gasteiger partial charge in [0.2, 0.25) is 70.4 Å². The van der Waals surface area contributed by atoms with Gasteiger partial charge in [-0.25, -0.2) is 24.7 Å². The molecule has 9 aromatic rings. The summed E-state index contributed by atoms with van der Waals surface area (Å²) in [6, 6.07) is 8.32. The number of nitrogens with one attached hydrogen (secondary N) is 1. The van der Waals surface area contributed by atoms with Crippen molar-refractivity contribution in [2.45, 2.75) is 32.4 Å². The third-order valence-corrected chi connectivity index (χ3v) is 13.9. The fraction of sp³-hybridized carbons (Fsp3) is 0.315. The molecule has 9 rings (SSSR count). The van der Waals surface area contributed by atoms with E-state index in [-0.39, 0.29) is 120 Å². The SMILES string of the molecule is CC(=O)CBr.CCOC(=O)c1nc(OC)cc(OC)n1.COc1cc(=O)[nH]c(-c2nc(C(F)(F)F)cs2)n1.COc1cc(Cl)nc(-c2nc(C(F)(F)F)cs2)n1.COc1cc(OC)nc(-c2nc(C(F)(F)F)cs2)n1.COc1cc(OC)nc(C(N)=O)n1.COc1cc(OC)nc(C(N)=S)n1.ClB(Cl)Cl.O=P(Cl)(Cl)Cl. The summed E-state index contributed by atoms with van der Waals surface area (Å²) in [4.78, 5) is 97.2. The largest absolute Gasteiger partial charge is 0.481 e. The third kappa shape index (κ3) is 39.2. The van der Waals surface area contributed by atoms with E-state index < -0.39 is 63.2 Å². The summed E-state index contributed by atoms with van der Waals surface area (Å²) < 4.78 is 175. The van der Waals surface area contributed by atoms with E-state index in [1.807, 2.05) is 0 Å². The zero-order chi connectivity index (χ0) is 84.0. The topological polar surface area (TPSA) is 435 Å². The highest BCUT2D eigenvalue weighted by molar-refractivity contribution is 9.09. The number of rotatable bonds is 18. The number of nitrogens with zero attached hydrogens (tertiary/aromatic N) is 14. The van der Waals surface area contributed by atoms with E-state index in [0.717, 1.165) is 56.2 Å². The Kier molecular flexibility index (Phi) is 44.7. The van der Waals surface area contributed by atoms with Crippen molar-refractivity contribution >= 4 is 175 Å². The number of H-pyrrole nitrogens is 1. The molecule has 1 amide bonds. The number of esters is 1. The summed E-state index contributed by atoms with van der Waals surface area (Å²) in [6.45, 7) is 3.51. The standard InChI is InChI=1S/C10H8F3N3O2S.C9H5ClF3N3OS.C9H6F3N3O2S.C9H12N2O4.C7H9N3O3.C7H9N3O2S.C3H5BrO.BCl3.Cl3OP/c1-17-6-3-7(18-2)16-8(15-6)9-14-5(4-19-9)10(11,12)13;1-17-6-2-5(10)15-7(16-6)8-14-4(3-18-8)9(11,12)13;1-17-6-2-5(16)14-7(15-6)8-13-4(3-18-8)9(10,11)12;1-4-15-9(12)8-10-6(13-2)5-7(11-8)14-3;1-12-4-3-5(13-2)10-7(9-4)6(8)11;1-11-4-3-5(12-2)10-7(9-4)6(8)13;1-3(5)2-4;2-1(3)4;1-5(2,3)4/h3-4H,1-2H3;2-3H,1H3;2-3H,1H3,(H,14,15,16);5H,4H2,1-3H3;3H,1-2H3,(H2,8,11);3H,1-2H3,(H2,8,13);2H2,1H3;;. The number of amides is 1. The number of hydrogen-bond donors (Lipinski definition) is 3. The van der Waals surface area contributed by atoms with Crippen molar-refractivity contribution in [1.82, 2.24) is 74.8 Å². The molecule has 0 fully saturated rings. The van der Waals surface area contributed by atoms with E-state index >= 15 is 0 Å². The van der Waals surface area contributed by atoms with Gasteiger partial charge in [-0.05, 0) is 47.6 Å². The average Bonchev–Trinajstić information content (AvgIpc) is 1.69. The first kappa shape index (κ1) is 99.9. The minimum absolute atomic E-state index is 0.000139. The number of alkyl halides is 10. The number of thiazole rings is 3. The molecule has 33 nitrogen and oxygen atoms in total. The molecule has 0 aliphatic carbocycles. The monoisotopic (exact) mass is 1860 g/mol. The van der Waals surface area contributed by atoms with Gasteiger partial charge in [0.15, 0.2) is 55.4 Å². The number of thiocarbonyl (C=S) groups is 1. The second-order valence-corrected chi connectivity index (χ2v) is 30.4. The average molecular weight is 1870 g/mol. The zero-order valence-corrected chi connectivity index (χ0v) is 68.7. The molecule has 0 bridgehead atoms. The number of carbonyl (C=O) groups excluding carboxylic acids is 3. The summed E-state index contributed by atoms with van der Waals surface area (Å²) in [5.74, 6) is 1.12. The van der Waals surface area contributed by atoms with Gasteiger partial charge in [0.25, 0.3) is 11.5 Å². The minimum Gasteiger partial charge on any atom is -0.481 e. The molecule has 9 heterocycles. The molecular formula is C54H54BBrCl7F9N17O16PS4. The summed E-state index contributed by atoms with van der Waals surface area (Å²) in [5, 5.41) is 0.0324.